The van der Waals surface area contributed by atoms with Gasteiger partial charge in [0.15, 0.2) is 5.78 Å². The monoisotopic (exact) mass is 721 g/mol. The Labute approximate surface area is 301 Å². The number of rotatable bonds is 9. The number of benzene rings is 2. The summed E-state index contributed by atoms with van der Waals surface area (Å²) < 4.78 is 15.7. The second-order valence-corrected chi connectivity index (χ2v) is 14.1. The first kappa shape index (κ1) is 37.4. The fourth-order valence-corrected chi connectivity index (χ4v) is 7.60. The van der Waals surface area contributed by atoms with E-state index in [1.54, 1.807) is 25.4 Å². The van der Waals surface area contributed by atoms with Crippen LogP contribution in [-0.4, -0.2) is 64.7 Å². The van der Waals surface area contributed by atoms with Crippen molar-refractivity contribution in [1.82, 2.24) is 25.5 Å². The molecule has 50 heavy (non-hydrogen) atoms. The van der Waals surface area contributed by atoms with Crippen molar-refractivity contribution < 1.29 is 18.8 Å². The molecule has 3 atom stereocenters. The van der Waals surface area contributed by atoms with E-state index in [4.69, 9.17) is 23.1 Å². The van der Waals surface area contributed by atoms with Crippen molar-refractivity contribution in [3.63, 3.8) is 0 Å². The molecule has 10 nitrogen and oxygen atoms in total. The van der Waals surface area contributed by atoms with Crippen LogP contribution in [0.4, 0.5) is 4.39 Å². The molecule has 0 saturated carbocycles. The lowest BCUT2D eigenvalue weighted by molar-refractivity contribution is -0.143. The first-order valence-corrected chi connectivity index (χ1v) is 18.3. The van der Waals surface area contributed by atoms with Crippen molar-refractivity contribution >= 4 is 51.9 Å². The molecule has 0 bridgehead atoms. The number of halogens is 2. The predicted molar refractivity (Wildman–Crippen MR) is 195 cm³/mol. The molecule has 0 fully saturated rings. The van der Waals surface area contributed by atoms with E-state index in [2.05, 4.69) is 20.6 Å². The van der Waals surface area contributed by atoms with Crippen LogP contribution >= 0.6 is 23.4 Å². The number of nitrogens with one attached hydrogen (secondary N) is 3. The Morgan fingerprint density at radius 2 is 1.80 bits per heavy atom. The van der Waals surface area contributed by atoms with Crippen molar-refractivity contribution in [3.05, 3.63) is 88.5 Å². The summed E-state index contributed by atoms with van der Waals surface area (Å²) >= 11 is 7.50. The van der Waals surface area contributed by atoms with Crippen LogP contribution in [0.3, 0.4) is 0 Å². The van der Waals surface area contributed by atoms with Gasteiger partial charge in [0.2, 0.25) is 11.8 Å². The number of hydrogen-bond donors (Lipinski definition) is 5. The van der Waals surface area contributed by atoms with Gasteiger partial charge >= 0.3 is 0 Å². The largest absolute Gasteiger partial charge is 0.361 e. The Balaban J connectivity index is 1.57. The molecule has 7 N–H and O–H groups in total. The number of ketones is 1. The maximum absolute atomic E-state index is 15.7. The Kier molecular flexibility index (Phi) is 13.4. The Morgan fingerprint density at radius 1 is 1.00 bits per heavy atom. The minimum atomic E-state index is -0.962. The van der Waals surface area contributed by atoms with Crippen LogP contribution in [0.2, 0.25) is 5.02 Å². The van der Waals surface area contributed by atoms with Crippen LogP contribution < -0.4 is 22.1 Å². The van der Waals surface area contributed by atoms with Crippen LogP contribution in [0.5, 0.6) is 0 Å². The molecule has 4 aromatic rings. The number of nitrogens with two attached hydrogens (primary N) is 2. The quantitative estimate of drug-likeness (QED) is 0.149. The summed E-state index contributed by atoms with van der Waals surface area (Å²) in [6.45, 7) is 1.03. The van der Waals surface area contributed by atoms with E-state index in [-0.39, 0.29) is 41.7 Å². The minimum absolute atomic E-state index is 0.00120. The van der Waals surface area contributed by atoms with Crippen molar-refractivity contribution in [2.45, 2.75) is 80.0 Å². The number of pyridine rings is 1. The zero-order valence-corrected chi connectivity index (χ0v) is 29.8. The van der Waals surface area contributed by atoms with Gasteiger partial charge in [0.25, 0.3) is 0 Å². The lowest BCUT2D eigenvalue weighted by Crippen LogP contribution is -2.51. The molecule has 3 heterocycles. The molecule has 5 rings (SSSR count). The SMILES string of the molecule is CN1C(=O)[C@H](CCCCN)CC(=O)[C@H](CCCN)NCc2cccnc2Sc2ccc(Cl)c(F)c2CNC(=O)[C@@H]1Cc1c[nH]c2ccccc12. The zero-order chi connectivity index (χ0) is 35.6. The fraction of sp³-hybridized carbons (Fsp3) is 0.405. The summed E-state index contributed by atoms with van der Waals surface area (Å²) in [5.41, 5.74) is 14.4. The van der Waals surface area contributed by atoms with E-state index in [0.717, 1.165) is 22.0 Å². The fourth-order valence-electron chi connectivity index (χ4n) is 6.40. The standard InChI is InChI=1S/C37H45ClFN7O3S/c1-46-31(18-25-21-43-29-11-3-2-10-26(25)29)35(48)45-22-27-33(14-13-28(38)34(27)39)50-36-24(9-7-17-42-36)20-44-30(12-6-16-41)32(47)19-23(37(46)49)8-4-5-15-40/h2-3,7,9-11,13-14,17,21,23,30-31,43-44H,4-6,8,12,15-16,18-20,22,40-41H2,1H3,(H,45,48)/t23-,30+,31+/m1/s1. The van der Waals surface area contributed by atoms with Gasteiger partial charge in [-0.2, -0.15) is 0 Å². The highest BCUT2D eigenvalue weighted by atomic mass is 35.5. The molecule has 0 spiro atoms. The van der Waals surface area contributed by atoms with Gasteiger partial charge in [-0.3, -0.25) is 14.4 Å². The number of para-hydroxylation sites is 1. The molecule has 13 heteroatoms. The molecule has 0 aliphatic carbocycles. The first-order valence-electron chi connectivity index (χ1n) is 17.1. The van der Waals surface area contributed by atoms with Gasteiger partial charge in [-0.15, -0.1) is 0 Å². The van der Waals surface area contributed by atoms with E-state index < -0.39 is 29.7 Å². The number of hydrogen-bond acceptors (Lipinski definition) is 8. The van der Waals surface area contributed by atoms with Crippen molar-refractivity contribution in [2.75, 3.05) is 20.1 Å². The van der Waals surface area contributed by atoms with E-state index in [9.17, 15) is 14.4 Å². The normalized spacial score (nSPS) is 19.6. The smallest absolute Gasteiger partial charge is 0.243 e. The van der Waals surface area contributed by atoms with E-state index in [1.807, 2.05) is 36.5 Å². The molecule has 1 aliphatic rings. The Morgan fingerprint density at radius 3 is 2.60 bits per heavy atom. The molecular formula is C37H45ClFN7O3S. The highest BCUT2D eigenvalue weighted by molar-refractivity contribution is 7.99. The van der Waals surface area contributed by atoms with Crippen molar-refractivity contribution in [1.29, 1.82) is 0 Å². The van der Waals surface area contributed by atoms with Gasteiger partial charge in [-0.05, 0) is 74.2 Å². The topological polar surface area (TPSA) is 159 Å². The van der Waals surface area contributed by atoms with Crippen LogP contribution in [-0.2, 0) is 33.9 Å². The molecule has 2 aromatic heterocycles. The molecule has 2 amide bonds. The zero-order valence-electron chi connectivity index (χ0n) is 28.2. The molecule has 0 saturated heterocycles. The van der Waals surface area contributed by atoms with E-state index >= 15 is 4.39 Å². The van der Waals surface area contributed by atoms with E-state index in [0.29, 0.717) is 61.7 Å². The van der Waals surface area contributed by atoms with Gasteiger partial charge < -0.3 is 32.0 Å². The lowest BCUT2D eigenvalue weighted by atomic mass is 9.90. The highest BCUT2D eigenvalue weighted by Crippen LogP contribution is 2.35. The summed E-state index contributed by atoms with van der Waals surface area (Å²) in [6, 6.07) is 13.1. The highest BCUT2D eigenvalue weighted by Gasteiger charge is 2.34. The van der Waals surface area contributed by atoms with E-state index in [1.165, 1.54) is 22.7 Å². The molecule has 0 unspecified atom stereocenters. The number of nitrogens with zero attached hydrogens (tertiary/aromatic N) is 2. The van der Waals surface area contributed by atoms with Gasteiger partial charge in [-0.1, -0.05) is 54.0 Å². The number of carbonyl (C=O) groups excluding carboxylic acids is 3. The number of H-pyrrole nitrogens is 1. The average Bonchev–Trinajstić information content (AvgIpc) is 3.53. The predicted octanol–water partition coefficient (Wildman–Crippen LogP) is 5.11. The summed E-state index contributed by atoms with van der Waals surface area (Å²) in [5.74, 6) is -2.18. The van der Waals surface area contributed by atoms with Crippen molar-refractivity contribution in [3.8, 4) is 0 Å². The number of likely N-dealkylation sites (N-methyl/N-ethyl adjacent to an activating group) is 1. The maximum atomic E-state index is 15.7. The third-order valence-electron chi connectivity index (χ3n) is 9.28. The minimum Gasteiger partial charge on any atom is -0.361 e. The molecule has 1 aliphatic heterocycles. The number of carbonyl (C=O) groups is 3. The number of Topliss-reactive ketones (excluding diaryl/α,β-unsaturated/α-hetero) is 1. The summed E-state index contributed by atoms with van der Waals surface area (Å²) in [7, 11) is 1.60. The molecule has 2 aromatic carbocycles. The lowest BCUT2D eigenvalue weighted by Gasteiger charge is -2.31. The van der Waals surface area contributed by atoms with Gasteiger partial charge in [0.1, 0.15) is 16.9 Å². The molecule has 266 valence electrons. The molecule has 0 radical (unpaired) electrons. The second kappa shape index (κ2) is 17.9. The number of amides is 2. The second-order valence-electron chi connectivity index (χ2n) is 12.7. The summed E-state index contributed by atoms with van der Waals surface area (Å²) in [6.07, 6.45) is 6.59. The summed E-state index contributed by atoms with van der Waals surface area (Å²) in [4.78, 5) is 52.4. The average molecular weight is 722 g/mol. The van der Waals surface area contributed by atoms with Crippen LogP contribution in [0.1, 0.15) is 55.2 Å². The van der Waals surface area contributed by atoms with Crippen molar-refractivity contribution in [2.24, 2.45) is 17.4 Å². The van der Waals surface area contributed by atoms with Crippen LogP contribution in [0.15, 0.2) is 70.8 Å². The number of unbranched alkanes of at least 4 members (excludes halogenated alkanes) is 1. The number of aromatic nitrogens is 2. The third-order valence-corrected chi connectivity index (χ3v) is 10.7. The van der Waals surface area contributed by atoms with Crippen LogP contribution in [0, 0.1) is 11.7 Å². The number of fused-ring (bicyclic) bond motifs is 3. The van der Waals surface area contributed by atoms with Gasteiger partial charge in [-0.25, -0.2) is 9.37 Å². The van der Waals surface area contributed by atoms with Gasteiger partial charge in [0, 0.05) is 72.7 Å². The van der Waals surface area contributed by atoms with Gasteiger partial charge in [0.05, 0.1) is 11.1 Å². The first-order chi connectivity index (χ1) is 24.2. The third kappa shape index (κ3) is 9.10. The number of aromatic amines is 1. The Bertz CT molecular complexity index is 1800. The molecular weight excluding hydrogens is 677 g/mol. The van der Waals surface area contributed by atoms with Crippen LogP contribution in [0.25, 0.3) is 10.9 Å². The Hall–Kier alpha value is -3.81. The maximum Gasteiger partial charge on any atom is 0.243 e. The summed E-state index contributed by atoms with van der Waals surface area (Å²) in [5, 5.41) is 7.79.